The van der Waals surface area contributed by atoms with Gasteiger partial charge in [-0.3, -0.25) is 14.5 Å². The van der Waals surface area contributed by atoms with Crippen molar-refractivity contribution in [1.82, 2.24) is 10.2 Å². The van der Waals surface area contributed by atoms with Crippen molar-refractivity contribution in [2.75, 3.05) is 0 Å². The van der Waals surface area contributed by atoms with Gasteiger partial charge in [0.2, 0.25) is 0 Å². The number of rotatable bonds is 2. The van der Waals surface area contributed by atoms with E-state index in [0.29, 0.717) is 30.4 Å². The van der Waals surface area contributed by atoms with Crippen molar-refractivity contribution in [3.63, 3.8) is 0 Å². The van der Waals surface area contributed by atoms with Gasteiger partial charge in [-0.25, -0.2) is 4.79 Å². The molecule has 1 aliphatic heterocycles. The molecule has 4 aliphatic rings. The first-order valence-electron chi connectivity index (χ1n) is 9.54. The van der Waals surface area contributed by atoms with Gasteiger partial charge in [-0.05, 0) is 62.9 Å². The topological polar surface area (TPSA) is 75.7 Å². The molecule has 1 heterocycles. The number of alkyl carbamates (subject to hydrolysis) is 1. The average molecular weight is 378 g/mol. The van der Waals surface area contributed by atoms with E-state index in [-0.39, 0.29) is 17.4 Å². The summed E-state index contributed by atoms with van der Waals surface area (Å²) in [6, 6.07) is 11.3. The highest BCUT2D eigenvalue weighted by atomic mass is 16.6. The molecule has 0 atom stereocenters. The van der Waals surface area contributed by atoms with Crippen LogP contribution in [0.15, 0.2) is 36.4 Å². The molecule has 0 saturated heterocycles. The second kappa shape index (κ2) is 5.13. The normalized spacial score (nSPS) is 27.9. The van der Waals surface area contributed by atoms with E-state index in [0.717, 1.165) is 10.8 Å². The predicted octanol–water partition coefficient (Wildman–Crippen LogP) is 3.64. The molecule has 3 amide bonds. The molecule has 2 bridgehead atoms. The molecule has 0 spiro atoms. The Morgan fingerprint density at radius 1 is 1.00 bits per heavy atom. The Balaban J connectivity index is 1.35. The number of imide groups is 1. The fraction of sp³-hybridized carbons (Fsp3) is 0.409. The summed E-state index contributed by atoms with van der Waals surface area (Å²) in [6.45, 7) is 5.45. The van der Waals surface area contributed by atoms with E-state index in [2.05, 4.69) is 5.32 Å². The molecule has 2 aromatic rings. The lowest BCUT2D eigenvalue weighted by Crippen LogP contribution is -2.84. The quantitative estimate of drug-likeness (QED) is 0.810. The average Bonchev–Trinajstić information content (AvgIpc) is 2.77. The van der Waals surface area contributed by atoms with Gasteiger partial charge in [0.1, 0.15) is 5.60 Å². The zero-order valence-corrected chi connectivity index (χ0v) is 16.2. The number of hydrogen-bond donors (Lipinski definition) is 1. The Kier molecular flexibility index (Phi) is 3.15. The number of nitrogens with zero attached hydrogens (tertiary/aromatic N) is 1. The summed E-state index contributed by atoms with van der Waals surface area (Å²) in [5.74, 6) is -0.451. The van der Waals surface area contributed by atoms with Gasteiger partial charge < -0.3 is 10.1 Å². The van der Waals surface area contributed by atoms with Crippen LogP contribution in [0.4, 0.5) is 4.79 Å². The fourth-order valence-electron chi connectivity index (χ4n) is 4.98. The summed E-state index contributed by atoms with van der Waals surface area (Å²) < 4.78 is 5.33. The summed E-state index contributed by atoms with van der Waals surface area (Å²) >= 11 is 0. The van der Waals surface area contributed by atoms with Gasteiger partial charge in [-0.1, -0.05) is 24.3 Å². The molecule has 1 N–H and O–H groups in total. The van der Waals surface area contributed by atoms with Crippen molar-refractivity contribution in [2.45, 2.75) is 56.7 Å². The monoisotopic (exact) mass is 378 g/mol. The van der Waals surface area contributed by atoms with Crippen molar-refractivity contribution in [2.24, 2.45) is 0 Å². The third-order valence-corrected chi connectivity index (χ3v) is 6.00. The Morgan fingerprint density at radius 3 is 1.96 bits per heavy atom. The number of amides is 3. The largest absolute Gasteiger partial charge is 0.444 e. The van der Waals surface area contributed by atoms with Crippen LogP contribution in [0.3, 0.4) is 0 Å². The van der Waals surface area contributed by atoms with E-state index in [1.165, 1.54) is 4.90 Å². The molecule has 3 fully saturated rings. The lowest BCUT2D eigenvalue weighted by Gasteiger charge is -2.72. The highest BCUT2D eigenvalue weighted by Crippen LogP contribution is 2.64. The summed E-state index contributed by atoms with van der Waals surface area (Å²) in [4.78, 5) is 39.5. The number of carbonyl (C=O) groups excluding carboxylic acids is 3. The second-order valence-corrected chi connectivity index (χ2v) is 9.35. The number of fused-ring (bicyclic) bond motifs is 2. The maximum absolute atomic E-state index is 13.0. The van der Waals surface area contributed by atoms with Gasteiger partial charge in [0.25, 0.3) is 11.8 Å². The minimum Gasteiger partial charge on any atom is -0.444 e. The summed E-state index contributed by atoms with van der Waals surface area (Å²) in [7, 11) is 0. The fourth-order valence-corrected chi connectivity index (χ4v) is 4.98. The van der Waals surface area contributed by atoms with Crippen LogP contribution in [0.5, 0.6) is 0 Å². The van der Waals surface area contributed by atoms with Crippen LogP contribution in [0.2, 0.25) is 0 Å². The van der Waals surface area contributed by atoms with Crippen LogP contribution < -0.4 is 5.32 Å². The van der Waals surface area contributed by atoms with Crippen molar-refractivity contribution in [3.05, 3.63) is 47.5 Å². The van der Waals surface area contributed by atoms with E-state index >= 15 is 0 Å². The first-order valence-corrected chi connectivity index (χ1v) is 9.54. The molecule has 6 heteroatoms. The molecule has 3 aliphatic carbocycles. The molecular formula is C22H22N2O4. The van der Waals surface area contributed by atoms with Gasteiger partial charge in [0.15, 0.2) is 0 Å². The number of ether oxygens (including phenoxy) is 1. The highest BCUT2D eigenvalue weighted by molar-refractivity contribution is 6.23. The molecule has 28 heavy (non-hydrogen) atoms. The molecular weight excluding hydrogens is 356 g/mol. The third kappa shape index (κ3) is 2.30. The van der Waals surface area contributed by atoms with E-state index in [1.807, 2.05) is 57.2 Å². The van der Waals surface area contributed by atoms with Crippen LogP contribution in [-0.4, -0.2) is 39.5 Å². The van der Waals surface area contributed by atoms with E-state index in [4.69, 9.17) is 4.74 Å². The summed E-state index contributed by atoms with van der Waals surface area (Å²) in [6.07, 6.45) is 1.31. The van der Waals surface area contributed by atoms with E-state index in [1.54, 1.807) is 0 Å². The Labute approximate surface area is 162 Å². The van der Waals surface area contributed by atoms with E-state index in [9.17, 15) is 14.4 Å². The first-order chi connectivity index (χ1) is 13.1. The summed E-state index contributed by atoms with van der Waals surface area (Å²) in [5.41, 5.74) is -0.447. The predicted molar refractivity (Wildman–Crippen MR) is 103 cm³/mol. The second-order valence-electron chi connectivity index (χ2n) is 9.35. The lowest BCUT2D eigenvalue weighted by molar-refractivity contribution is -0.143. The van der Waals surface area contributed by atoms with Gasteiger partial charge in [0.05, 0.1) is 22.2 Å². The third-order valence-electron chi connectivity index (χ3n) is 6.00. The molecule has 6 nitrogen and oxygen atoms in total. The lowest BCUT2D eigenvalue weighted by atomic mass is 9.43. The van der Waals surface area contributed by atoms with Crippen LogP contribution in [0, 0.1) is 0 Å². The summed E-state index contributed by atoms with van der Waals surface area (Å²) in [5, 5.41) is 4.83. The van der Waals surface area contributed by atoms with E-state index < -0.39 is 17.2 Å². The Bertz CT molecular complexity index is 992. The number of carbonyl (C=O) groups is 3. The Hall–Kier alpha value is -2.89. The van der Waals surface area contributed by atoms with Crippen molar-refractivity contribution >= 4 is 28.7 Å². The minimum atomic E-state index is -0.560. The maximum Gasteiger partial charge on any atom is 0.408 e. The zero-order chi connectivity index (χ0) is 19.9. The number of benzene rings is 2. The molecule has 0 aromatic heterocycles. The van der Waals surface area contributed by atoms with Gasteiger partial charge >= 0.3 is 6.09 Å². The standard InChI is InChI=1S/C22H22N2O4/c1-20(2,3)28-19(27)23-21-10-22(11-21,12-21)24-17(25)15-8-13-6-4-5-7-14(13)9-16(15)18(24)26/h4-9H,10-12H2,1-3H3,(H,23,27). The molecule has 0 radical (unpaired) electrons. The molecule has 6 rings (SSSR count). The SMILES string of the molecule is CC(C)(C)OC(=O)NC12CC(N3C(=O)c4cc5ccccc5cc4C3=O)(C1)C2. The molecule has 144 valence electrons. The van der Waals surface area contributed by atoms with Crippen LogP contribution in [0.25, 0.3) is 10.8 Å². The van der Waals surface area contributed by atoms with Gasteiger partial charge in [-0.15, -0.1) is 0 Å². The number of hydrogen-bond acceptors (Lipinski definition) is 4. The molecule has 3 saturated carbocycles. The first kappa shape index (κ1) is 17.2. The van der Waals surface area contributed by atoms with Crippen molar-refractivity contribution in [3.8, 4) is 0 Å². The smallest absolute Gasteiger partial charge is 0.408 e. The number of nitrogens with one attached hydrogen (secondary N) is 1. The minimum absolute atomic E-state index is 0.226. The highest BCUT2D eigenvalue weighted by Gasteiger charge is 2.74. The van der Waals surface area contributed by atoms with Gasteiger partial charge in [-0.2, -0.15) is 0 Å². The zero-order valence-electron chi connectivity index (χ0n) is 16.2. The van der Waals surface area contributed by atoms with Crippen molar-refractivity contribution < 1.29 is 19.1 Å². The maximum atomic E-state index is 13.0. The van der Waals surface area contributed by atoms with Gasteiger partial charge in [0, 0.05) is 0 Å². The van der Waals surface area contributed by atoms with Crippen LogP contribution >= 0.6 is 0 Å². The van der Waals surface area contributed by atoms with Crippen molar-refractivity contribution in [1.29, 1.82) is 0 Å². The van der Waals surface area contributed by atoms with Crippen LogP contribution in [-0.2, 0) is 4.74 Å². The molecule has 2 aromatic carbocycles. The Morgan fingerprint density at radius 2 is 1.50 bits per heavy atom. The van der Waals surface area contributed by atoms with Crippen LogP contribution in [0.1, 0.15) is 60.7 Å². The molecule has 0 unspecified atom stereocenters.